The third-order valence-electron chi connectivity index (χ3n) is 3.64. The van der Waals surface area contributed by atoms with Crippen molar-refractivity contribution in [1.82, 2.24) is 10.2 Å². The molecule has 1 aliphatic heterocycles. The van der Waals surface area contributed by atoms with Crippen LogP contribution in [0.15, 0.2) is 18.2 Å². The molecule has 19 heavy (non-hydrogen) atoms. The molecule has 1 aromatic rings. The molecule has 0 saturated carbocycles. The van der Waals surface area contributed by atoms with Crippen LogP contribution in [0.2, 0.25) is 0 Å². The minimum atomic E-state index is 0.293. The Morgan fingerprint density at radius 3 is 3.05 bits per heavy atom. The lowest BCUT2D eigenvalue weighted by Crippen LogP contribution is -2.24. The van der Waals surface area contributed by atoms with E-state index in [0.29, 0.717) is 18.1 Å². The Labute approximate surface area is 115 Å². The van der Waals surface area contributed by atoms with Crippen molar-refractivity contribution in [2.24, 2.45) is 5.92 Å². The van der Waals surface area contributed by atoms with Gasteiger partial charge in [0.25, 0.3) is 0 Å². The summed E-state index contributed by atoms with van der Waals surface area (Å²) in [6.45, 7) is 6.57. The van der Waals surface area contributed by atoms with E-state index in [4.69, 9.17) is 4.74 Å². The summed E-state index contributed by atoms with van der Waals surface area (Å²) < 4.78 is 5.42. The number of nitrogens with zero attached hydrogens (tertiary/aromatic N) is 1. The topological polar surface area (TPSA) is 44.7 Å². The standard InChI is InChI=1S/C15H24N2O2/c1-3-19-14-6-4-5-13(15(14)18)11-17-8-7-12(10-17)9-16-2/h4-6,12,16,18H,3,7-11H2,1-2H3. The number of hydrogen-bond donors (Lipinski definition) is 2. The van der Waals surface area contributed by atoms with Gasteiger partial charge in [0, 0.05) is 18.7 Å². The van der Waals surface area contributed by atoms with E-state index < -0.39 is 0 Å². The van der Waals surface area contributed by atoms with Gasteiger partial charge in [0.1, 0.15) is 0 Å². The first-order valence-electron chi connectivity index (χ1n) is 7.05. The fourth-order valence-electron chi connectivity index (χ4n) is 2.72. The highest BCUT2D eigenvalue weighted by Gasteiger charge is 2.22. The Hall–Kier alpha value is -1.26. The number of hydrogen-bond acceptors (Lipinski definition) is 4. The maximum atomic E-state index is 10.2. The van der Waals surface area contributed by atoms with Crippen LogP contribution in [-0.2, 0) is 6.54 Å². The van der Waals surface area contributed by atoms with Crippen LogP contribution in [-0.4, -0.2) is 43.3 Å². The molecule has 0 amide bonds. The molecule has 1 heterocycles. The molecule has 1 unspecified atom stereocenters. The first-order valence-corrected chi connectivity index (χ1v) is 7.05. The number of nitrogens with one attached hydrogen (secondary N) is 1. The second kappa shape index (κ2) is 6.78. The van der Waals surface area contributed by atoms with E-state index in [0.717, 1.165) is 37.7 Å². The molecule has 1 fully saturated rings. The van der Waals surface area contributed by atoms with Crippen LogP contribution in [0.3, 0.4) is 0 Å². The minimum Gasteiger partial charge on any atom is -0.504 e. The molecule has 0 aromatic heterocycles. The molecule has 0 radical (unpaired) electrons. The number of rotatable bonds is 6. The fourth-order valence-corrected chi connectivity index (χ4v) is 2.72. The van der Waals surface area contributed by atoms with Crippen molar-refractivity contribution in [2.75, 3.05) is 33.3 Å². The zero-order valence-electron chi connectivity index (χ0n) is 11.9. The Balaban J connectivity index is 1.98. The van der Waals surface area contributed by atoms with E-state index in [2.05, 4.69) is 10.2 Å². The number of benzene rings is 1. The summed E-state index contributed by atoms with van der Waals surface area (Å²) in [6.07, 6.45) is 1.23. The van der Waals surface area contributed by atoms with Gasteiger partial charge in [-0.15, -0.1) is 0 Å². The predicted molar refractivity (Wildman–Crippen MR) is 76.6 cm³/mol. The summed E-state index contributed by atoms with van der Waals surface area (Å²) in [5.41, 5.74) is 0.955. The van der Waals surface area contributed by atoms with Crippen molar-refractivity contribution in [3.05, 3.63) is 23.8 Å². The van der Waals surface area contributed by atoms with Gasteiger partial charge in [-0.3, -0.25) is 4.90 Å². The third-order valence-corrected chi connectivity index (χ3v) is 3.64. The summed E-state index contributed by atoms with van der Waals surface area (Å²) >= 11 is 0. The van der Waals surface area contributed by atoms with E-state index in [-0.39, 0.29) is 0 Å². The maximum Gasteiger partial charge on any atom is 0.162 e. The predicted octanol–water partition coefficient (Wildman–Crippen LogP) is 1.83. The summed E-state index contributed by atoms with van der Waals surface area (Å²) in [5, 5.41) is 13.4. The minimum absolute atomic E-state index is 0.293. The normalized spacial score (nSPS) is 19.8. The lowest BCUT2D eigenvalue weighted by Gasteiger charge is -2.18. The van der Waals surface area contributed by atoms with Crippen molar-refractivity contribution in [1.29, 1.82) is 0 Å². The van der Waals surface area contributed by atoms with Crippen molar-refractivity contribution >= 4 is 0 Å². The first-order chi connectivity index (χ1) is 9.24. The summed E-state index contributed by atoms with van der Waals surface area (Å²) in [6, 6.07) is 5.74. The molecule has 2 N–H and O–H groups in total. The lowest BCUT2D eigenvalue weighted by molar-refractivity contribution is 0.296. The lowest BCUT2D eigenvalue weighted by atomic mass is 10.1. The van der Waals surface area contributed by atoms with Crippen LogP contribution in [0.25, 0.3) is 0 Å². The average molecular weight is 264 g/mol. The quantitative estimate of drug-likeness (QED) is 0.823. The molecule has 0 spiro atoms. The smallest absolute Gasteiger partial charge is 0.162 e. The second-order valence-electron chi connectivity index (χ2n) is 5.14. The molecule has 0 aliphatic carbocycles. The van der Waals surface area contributed by atoms with Crippen LogP contribution in [0, 0.1) is 5.92 Å². The van der Waals surface area contributed by atoms with Crippen molar-refractivity contribution < 1.29 is 9.84 Å². The van der Waals surface area contributed by atoms with Gasteiger partial charge < -0.3 is 15.2 Å². The molecule has 0 bridgehead atoms. The van der Waals surface area contributed by atoms with E-state index in [1.54, 1.807) is 0 Å². The molecule has 1 atom stereocenters. The number of aromatic hydroxyl groups is 1. The van der Waals surface area contributed by atoms with Crippen LogP contribution in [0.1, 0.15) is 18.9 Å². The molecule has 1 aliphatic rings. The number of ether oxygens (including phenoxy) is 1. The Kier molecular flexibility index (Phi) is 5.05. The third kappa shape index (κ3) is 3.61. The van der Waals surface area contributed by atoms with E-state index in [9.17, 15) is 5.11 Å². The zero-order chi connectivity index (χ0) is 13.7. The SMILES string of the molecule is CCOc1cccc(CN2CCC(CNC)C2)c1O. The van der Waals surface area contributed by atoms with Crippen molar-refractivity contribution in [2.45, 2.75) is 19.9 Å². The number of likely N-dealkylation sites (tertiary alicyclic amines) is 1. The van der Waals surface area contributed by atoms with E-state index in [1.807, 2.05) is 32.2 Å². The number of phenolic OH excluding ortho intramolecular Hbond substituents is 1. The molecule has 4 nitrogen and oxygen atoms in total. The second-order valence-corrected chi connectivity index (χ2v) is 5.14. The van der Waals surface area contributed by atoms with Crippen LogP contribution >= 0.6 is 0 Å². The van der Waals surface area contributed by atoms with Gasteiger partial charge in [-0.2, -0.15) is 0 Å². The van der Waals surface area contributed by atoms with Crippen molar-refractivity contribution in [3.8, 4) is 11.5 Å². The highest BCUT2D eigenvalue weighted by atomic mass is 16.5. The fraction of sp³-hybridized carbons (Fsp3) is 0.600. The van der Waals surface area contributed by atoms with Crippen LogP contribution in [0.5, 0.6) is 11.5 Å². The largest absolute Gasteiger partial charge is 0.504 e. The van der Waals surface area contributed by atoms with Crippen LogP contribution in [0.4, 0.5) is 0 Å². The summed E-state index contributed by atoms with van der Waals surface area (Å²) in [7, 11) is 2.00. The Morgan fingerprint density at radius 1 is 1.47 bits per heavy atom. The van der Waals surface area contributed by atoms with Gasteiger partial charge in [-0.1, -0.05) is 12.1 Å². The number of para-hydroxylation sites is 1. The van der Waals surface area contributed by atoms with Gasteiger partial charge in [0.2, 0.25) is 0 Å². The molecule has 1 aromatic carbocycles. The maximum absolute atomic E-state index is 10.2. The Morgan fingerprint density at radius 2 is 2.32 bits per heavy atom. The molecule has 1 saturated heterocycles. The van der Waals surface area contributed by atoms with E-state index >= 15 is 0 Å². The highest BCUT2D eigenvalue weighted by Crippen LogP contribution is 2.31. The molecule has 4 heteroatoms. The molecular weight excluding hydrogens is 240 g/mol. The molecule has 106 valence electrons. The van der Waals surface area contributed by atoms with Crippen molar-refractivity contribution in [3.63, 3.8) is 0 Å². The molecular formula is C15H24N2O2. The van der Waals surface area contributed by atoms with E-state index in [1.165, 1.54) is 6.42 Å². The van der Waals surface area contributed by atoms with Crippen LogP contribution < -0.4 is 10.1 Å². The van der Waals surface area contributed by atoms with Gasteiger partial charge in [0.05, 0.1) is 6.61 Å². The highest BCUT2D eigenvalue weighted by molar-refractivity contribution is 5.45. The molecule has 2 rings (SSSR count). The average Bonchev–Trinajstić information content (AvgIpc) is 2.83. The first kappa shape index (κ1) is 14.2. The summed E-state index contributed by atoms with van der Waals surface area (Å²) in [5.74, 6) is 1.61. The zero-order valence-corrected chi connectivity index (χ0v) is 11.9. The Bertz CT molecular complexity index is 409. The number of phenols is 1. The van der Waals surface area contributed by atoms with Gasteiger partial charge in [-0.25, -0.2) is 0 Å². The van der Waals surface area contributed by atoms with Gasteiger partial charge in [0.15, 0.2) is 11.5 Å². The van der Waals surface area contributed by atoms with Gasteiger partial charge >= 0.3 is 0 Å². The summed E-state index contributed by atoms with van der Waals surface area (Å²) in [4.78, 5) is 2.40. The monoisotopic (exact) mass is 264 g/mol. The van der Waals surface area contributed by atoms with Gasteiger partial charge in [-0.05, 0) is 45.5 Å².